The molecule has 3 N–H and O–H groups in total. The Morgan fingerprint density at radius 3 is 2.41 bits per heavy atom. The van der Waals surface area contributed by atoms with Crippen LogP contribution >= 0.6 is 0 Å². The molecule has 224 valence electrons. The molecule has 1 saturated carbocycles. The molecule has 0 spiro atoms. The van der Waals surface area contributed by atoms with Gasteiger partial charge in [0.25, 0.3) is 0 Å². The molecule has 0 aliphatic heterocycles. The zero-order valence-electron chi connectivity index (χ0n) is 26.3. The van der Waals surface area contributed by atoms with Gasteiger partial charge in [-0.25, -0.2) is 4.79 Å². The van der Waals surface area contributed by atoms with Crippen LogP contribution in [-0.4, -0.2) is 45.8 Å². The molecule has 1 aromatic rings. The van der Waals surface area contributed by atoms with Crippen molar-refractivity contribution < 1.29 is 18.7 Å². The molecule has 2 rings (SSSR count). The van der Waals surface area contributed by atoms with Crippen LogP contribution in [0.25, 0.3) is 0 Å². The number of nitrogens with one attached hydrogen (secondary N) is 1. The Morgan fingerprint density at radius 2 is 1.77 bits per heavy atom. The van der Waals surface area contributed by atoms with Crippen molar-refractivity contribution in [1.82, 2.24) is 5.32 Å². The highest BCUT2D eigenvalue weighted by Crippen LogP contribution is 2.36. The fourth-order valence-electron chi connectivity index (χ4n) is 4.75. The van der Waals surface area contributed by atoms with Gasteiger partial charge in [0.15, 0.2) is 8.32 Å². The topological polar surface area (TPSA) is 82.8 Å². The lowest BCUT2D eigenvalue weighted by Crippen LogP contribution is -2.44. The van der Waals surface area contributed by atoms with Gasteiger partial charge >= 0.3 is 6.09 Å². The molecule has 0 saturated heterocycles. The quantitative estimate of drug-likeness (QED) is 0.179. The largest absolute Gasteiger partial charge is 0.493 e. The van der Waals surface area contributed by atoms with Crippen molar-refractivity contribution in [2.45, 2.75) is 136 Å². The molecule has 1 aliphatic carbocycles. The Bertz CT molecular complexity index is 870. The van der Waals surface area contributed by atoms with Crippen molar-refractivity contribution in [2.75, 3.05) is 19.8 Å². The zero-order valence-corrected chi connectivity index (χ0v) is 27.3. The number of aryl methyl sites for hydroxylation is 1. The van der Waals surface area contributed by atoms with Gasteiger partial charge in [0.1, 0.15) is 11.4 Å². The Labute approximate surface area is 240 Å². The lowest BCUT2D eigenvalue weighted by Gasteiger charge is -2.37. The Morgan fingerprint density at radius 1 is 1.08 bits per heavy atom. The second kappa shape index (κ2) is 15.4. The number of hydrogen-bond donors (Lipinski definition) is 2. The van der Waals surface area contributed by atoms with E-state index in [1.165, 1.54) is 43.2 Å². The summed E-state index contributed by atoms with van der Waals surface area (Å²) in [6.45, 7) is 18.9. The first-order valence-electron chi connectivity index (χ1n) is 15.3. The molecule has 7 heteroatoms. The maximum absolute atomic E-state index is 11.9. The normalized spacial score (nSPS) is 16.1. The number of rotatable bonds is 14. The second-order valence-electron chi connectivity index (χ2n) is 14.0. The average Bonchev–Trinajstić information content (AvgIpc) is 2.82. The summed E-state index contributed by atoms with van der Waals surface area (Å²) in [4.78, 5) is 11.9. The minimum absolute atomic E-state index is 0.0388. The Kier molecular flexibility index (Phi) is 13.3. The van der Waals surface area contributed by atoms with Gasteiger partial charge in [-0.05, 0) is 94.1 Å². The van der Waals surface area contributed by atoms with Crippen LogP contribution in [0.5, 0.6) is 5.75 Å². The highest BCUT2D eigenvalue weighted by Gasteiger charge is 2.37. The zero-order chi connectivity index (χ0) is 29.1. The summed E-state index contributed by atoms with van der Waals surface area (Å²) < 4.78 is 18.1. The predicted octanol–water partition coefficient (Wildman–Crippen LogP) is 7.77. The number of hydrogen-bond acceptors (Lipinski definition) is 5. The smallest absolute Gasteiger partial charge is 0.407 e. The summed E-state index contributed by atoms with van der Waals surface area (Å²) in [5.74, 6) is 1.79. The molecule has 39 heavy (non-hydrogen) atoms. The van der Waals surface area contributed by atoms with E-state index in [4.69, 9.17) is 19.6 Å². The van der Waals surface area contributed by atoms with Gasteiger partial charge < -0.3 is 25.0 Å². The van der Waals surface area contributed by atoms with Crippen LogP contribution < -0.4 is 15.8 Å². The summed E-state index contributed by atoms with van der Waals surface area (Å²) in [6.07, 6.45) is 11.1. The predicted molar refractivity (Wildman–Crippen MR) is 165 cm³/mol. The van der Waals surface area contributed by atoms with E-state index in [0.717, 1.165) is 50.4 Å². The first-order chi connectivity index (χ1) is 18.2. The fourth-order valence-corrected chi connectivity index (χ4v) is 5.81. The van der Waals surface area contributed by atoms with E-state index in [0.29, 0.717) is 13.2 Å². The molecule has 1 aromatic carbocycles. The molecule has 0 heterocycles. The number of amides is 1. The number of carbonyl (C=O) groups excluding carboxylic acids is 1. The average molecular weight is 563 g/mol. The molecular weight excluding hydrogens is 504 g/mol. The van der Waals surface area contributed by atoms with Crippen LogP contribution in [0.4, 0.5) is 4.79 Å². The van der Waals surface area contributed by atoms with Crippen molar-refractivity contribution in [3.05, 3.63) is 29.3 Å². The molecule has 0 aromatic heterocycles. The van der Waals surface area contributed by atoms with Crippen molar-refractivity contribution in [3.63, 3.8) is 0 Å². The fraction of sp³-hybridized carbons (Fsp3) is 0.781. The molecule has 0 unspecified atom stereocenters. The number of alkyl carbamates (subject to hydrolysis) is 1. The highest BCUT2D eigenvalue weighted by molar-refractivity contribution is 6.74. The first-order valence-corrected chi connectivity index (χ1v) is 18.2. The van der Waals surface area contributed by atoms with Crippen molar-refractivity contribution in [2.24, 2.45) is 11.7 Å². The number of unbranched alkanes of at least 4 members (excludes halogenated alkanes) is 1. The summed E-state index contributed by atoms with van der Waals surface area (Å²) in [5, 5.41) is 3.04. The van der Waals surface area contributed by atoms with Gasteiger partial charge in [-0.2, -0.15) is 0 Å². The van der Waals surface area contributed by atoms with Crippen molar-refractivity contribution in [1.29, 1.82) is 0 Å². The van der Waals surface area contributed by atoms with E-state index < -0.39 is 13.9 Å². The van der Waals surface area contributed by atoms with Gasteiger partial charge in [-0.3, -0.25) is 0 Å². The van der Waals surface area contributed by atoms with Gasteiger partial charge in [-0.15, -0.1) is 0 Å². The van der Waals surface area contributed by atoms with Crippen molar-refractivity contribution in [3.8, 4) is 5.75 Å². The standard InChI is InChI=1S/C32H58N2O4Si/c1-31(2,3)38-30(35)34-20-13-12-16-27-22-26(23-28(33)24-37-39(7,8)32(4,5)6)17-18-29(27)36-21-19-25-14-10-9-11-15-25/h17-18,22,25,28H,9-16,19-21,23-24,33H2,1-8H3,(H,34,35)/t28-/m0/s1. The molecule has 1 atom stereocenters. The Hall–Kier alpha value is -1.57. The number of ether oxygens (including phenoxy) is 2. The second-order valence-corrected chi connectivity index (χ2v) is 18.8. The van der Waals surface area contributed by atoms with Gasteiger partial charge in [0.05, 0.1) is 6.61 Å². The maximum atomic E-state index is 11.9. The van der Waals surface area contributed by atoms with Crippen LogP contribution in [0.2, 0.25) is 18.1 Å². The molecule has 1 aliphatic rings. The number of benzene rings is 1. The molecule has 1 fully saturated rings. The third-order valence-electron chi connectivity index (χ3n) is 8.14. The monoisotopic (exact) mass is 562 g/mol. The van der Waals surface area contributed by atoms with Gasteiger partial charge in [0.2, 0.25) is 0 Å². The van der Waals surface area contributed by atoms with E-state index in [1.807, 2.05) is 20.8 Å². The highest BCUT2D eigenvalue weighted by atomic mass is 28.4. The van der Waals surface area contributed by atoms with E-state index in [9.17, 15) is 4.79 Å². The van der Waals surface area contributed by atoms with Crippen LogP contribution in [0.15, 0.2) is 18.2 Å². The van der Waals surface area contributed by atoms with E-state index >= 15 is 0 Å². The summed E-state index contributed by atoms with van der Waals surface area (Å²) >= 11 is 0. The van der Waals surface area contributed by atoms with Crippen LogP contribution in [-0.2, 0) is 22.0 Å². The van der Waals surface area contributed by atoms with Gasteiger partial charge in [0, 0.05) is 19.2 Å². The third kappa shape index (κ3) is 13.1. The SMILES string of the molecule is CC(C)(C)OC(=O)NCCCCc1cc(C[C@H](N)CO[Si](C)(C)C(C)(C)C)ccc1OCCC1CCCCC1. The molecular formula is C32H58N2O4Si. The molecule has 0 radical (unpaired) electrons. The van der Waals surface area contributed by atoms with E-state index in [2.05, 4.69) is 57.4 Å². The first kappa shape index (κ1) is 33.6. The minimum Gasteiger partial charge on any atom is -0.493 e. The Balaban J connectivity index is 1.95. The molecule has 1 amide bonds. The van der Waals surface area contributed by atoms with Crippen LogP contribution in [0.3, 0.4) is 0 Å². The lowest BCUT2D eigenvalue weighted by molar-refractivity contribution is 0.0527. The van der Waals surface area contributed by atoms with Crippen LogP contribution in [0, 0.1) is 5.92 Å². The van der Waals surface area contributed by atoms with Gasteiger partial charge in [-0.1, -0.05) is 65.0 Å². The minimum atomic E-state index is -1.82. The van der Waals surface area contributed by atoms with E-state index in [-0.39, 0.29) is 17.2 Å². The van der Waals surface area contributed by atoms with Crippen LogP contribution in [0.1, 0.15) is 104 Å². The maximum Gasteiger partial charge on any atom is 0.407 e. The number of nitrogens with two attached hydrogens (primary N) is 1. The third-order valence-corrected chi connectivity index (χ3v) is 12.6. The van der Waals surface area contributed by atoms with Crippen molar-refractivity contribution >= 4 is 14.4 Å². The summed E-state index contributed by atoms with van der Waals surface area (Å²) in [7, 11) is -1.82. The molecule has 0 bridgehead atoms. The lowest BCUT2D eigenvalue weighted by atomic mass is 9.87. The summed E-state index contributed by atoms with van der Waals surface area (Å²) in [6, 6.07) is 6.52. The summed E-state index contributed by atoms with van der Waals surface area (Å²) in [5.41, 5.74) is 8.50. The molecule has 6 nitrogen and oxygen atoms in total. The number of carbonyl (C=O) groups is 1. The van der Waals surface area contributed by atoms with E-state index in [1.54, 1.807) is 0 Å².